The monoisotopic (exact) mass is 566 g/mol. The summed E-state index contributed by atoms with van der Waals surface area (Å²) in [7, 11) is 1.69. The normalized spacial score (nSPS) is 21.1. The summed E-state index contributed by atoms with van der Waals surface area (Å²) in [6.45, 7) is 7.77. The second-order valence-electron chi connectivity index (χ2n) is 7.72. The predicted molar refractivity (Wildman–Crippen MR) is 138 cm³/mol. The molecule has 31 heavy (non-hydrogen) atoms. The van der Waals surface area contributed by atoms with Crippen LogP contribution < -0.4 is 20.3 Å². The Kier molecular flexibility index (Phi) is 12.1. The van der Waals surface area contributed by atoms with E-state index in [2.05, 4.69) is 22.5 Å². The lowest BCUT2D eigenvalue weighted by atomic mass is 10.2. The first kappa shape index (κ1) is 26.3. The van der Waals surface area contributed by atoms with Gasteiger partial charge in [0.15, 0.2) is 5.96 Å². The fraction of sp³-hybridized carbons (Fsp3) is 0.682. The molecule has 1 aromatic carbocycles. The van der Waals surface area contributed by atoms with E-state index in [1.807, 2.05) is 18.2 Å². The fourth-order valence-electron chi connectivity index (χ4n) is 3.87. The van der Waals surface area contributed by atoms with Gasteiger partial charge in [-0.1, -0.05) is 11.6 Å². The Labute approximate surface area is 208 Å². The third kappa shape index (κ3) is 8.47. The van der Waals surface area contributed by atoms with E-state index in [4.69, 9.17) is 30.8 Å². The summed E-state index contributed by atoms with van der Waals surface area (Å²) >= 11 is 6.20. The average Bonchev–Trinajstić information content (AvgIpc) is 3.43. The minimum Gasteiger partial charge on any atom is -0.495 e. The molecule has 176 valence electrons. The van der Waals surface area contributed by atoms with E-state index in [0.29, 0.717) is 19.3 Å². The maximum absolute atomic E-state index is 6.20. The number of nitrogens with one attached hydrogen (secondary N) is 2. The van der Waals surface area contributed by atoms with Crippen LogP contribution in [0.25, 0.3) is 0 Å². The summed E-state index contributed by atoms with van der Waals surface area (Å²) in [6.07, 6.45) is 4.49. The lowest BCUT2D eigenvalue weighted by Crippen LogP contribution is -2.44. The van der Waals surface area contributed by atoms with Crippen LogP contribution in [0.4, 0.5) is 5.69 Å². The minimum absolute atomic E-state index is 0. The molecule has 2 aliphatic heterocycles. The second kappa shape index (κ2) is 14.2. The highest BCUT2D eigenvalue weighted by molar-refractivity contribution is 14.0. The molecule has 0 saturated carbocycles. The highest BCUT2D eigenvalue weighted by Gasteiger charge is 2.25. The van der Waals surface area contributed by atoms with E-state index in [9.17, 15) is 0 Å². The van der Waals surface area contributed by atoms with Crippen molar-refractivity contribution >= 4 is 47.2 Å². The van der Waals surface area contributed by atoms with Crippen LogP contribution in [0.3, 0.4) is 0 Å². The molecule has 0 radical (unpaired) electrons. The quantitative estimate of drug-likeness (QED) is 0.195. The van der Waals surface area contributed by atoms with Crippen molar-refractivity contribution in [3.63, 3.8) is 0 Å². The Morgan fingerprint density at radius 3 is 2.97 bits per heavy atom. The fourth-order valence-corrected chi connectivity index (χ4v) is 4.03. The van der Waals surface area contributed by atoms with E-state index >= 15 is 0 Å². The molecule has 0 spiro atoms. The predicted octanol–water partition coefficient (Wildman–Crippen LogP) is 3.69. The smallest absolute Gasteiger partial charge is 0.191 e. The molecule has 1 aromatic rings. The molecule has 0 aliphatic carbocycles. The SMILES string of the molecule is CCNC(=NCCCOCC1CCCO1)NC1CCN(c2cc(Cl)ccc2OC)C1.I. The Morgan fingerprint density at radius 2 is 2.23 bits per heavy atom. The van der Waals surface area contributed by atoms with Gasteiger partial charge >= 0.3 is 0 Å². The van der Waals surface area contributed by atoms with Gasteiger partial charge in [-0.25, -0.2) is 0 Å². The number of aliphatic imine (C=N–C) groups is 1. The van der Waals surface area contributed by atoms with Crippen LogP contribution in [-0.4, -0.2) is 71.2 Å². The number of nitrogens with zero attached hydrogens (tertiary/aromatic N) is 2. The largest absolute Gasteiger partial charge is 0.495 e. The van der Waals surface area contributed by atoms with E-state index in [1.54, 1.807) is 7.11 Å². The van der Waals surface area contributed by atoms with Crippen molar-refractivity contribution in [2.75, 3.05) is 58.0 Å². The van der Waals surface area contributed by atoms with Gasteiger partial charge in [-0.3, -0.25) is 4.99 Å². The van der Waals surface area contributed by atoms with Gasteiger partial charge in [0.05, 0.1) is 25.5 Å². The summed E-state index contributed by atoms with van der Waals surface area (Å²) in [5.74, 6) is 1.71. The van der Waals surface area contributed by atoms with Crippen LogP contribution in [-0.2, 0) is 9.47 Å². The third-order valence-electron chi connectivity index (χ3n) is 5.40. The van der Waals surface area contributed by atoms with Gasteiger partial charge in [-0.05, 0) is 50.8 Å². The molecule has 2 heterocycles. The molecule has 2 unspecified atom stereocenters. The first-order valence-electron chi connectivity index (χ1n) is 11.0. The summed E-state index contributed by atoms with van der Waals surface area (Å²) in [5.41, 5.74) is 1.04. The number of benzene rings is 1. The number of hydrogen-bond donors (Lipinski definition) is 2. The third-order valence-corrected chi connectivity index (χ3v) is 5.63. The number of methoxy groups -OCH3 is 1. The van der Waals surface area contributed by atoms with E-state index < -0.39 is 0 Å². The van der Waals surface area contributed by atoms with Crippen LogP contribution in [0.5, 0.6) is 5.75 Å². The highest BCUT2D eigenvalue weighted by atomic mass is 127. The molecule has 0 aromatic heterocycles. The molecular weight excluding hydrogens is 531 g/mol. The molecule has 2 saturated heterocycles. The van der Waals surface area contributed by atoms with Crippen molar-refractivity contribution in [1.29, 1.82) is 0 Å². The van der Waals surface area contributed by atoms with Crippen molar-refractivity contribution in [2.45, 2.75) is 44.8 Å². The standard InChI is InChI=1S/C22H35ClN4O3.HI/c1-3-24-22(25-10-5-12-29-16-19-6-4-13-30-19)26-18-9-11-27(15-18)20-14-17(23)7-8-21(20)28-2;/h7-8,14,18-19H,3-6,9-13,15-16H2,1-2H3,(H2,24,25,26);1H. The van der Waals surface area contributed by atoms with Crippen molar-refractivity contribution in [1.82, 2.24) is 10.6 Å². The lowest BCUT2D eigenvalue weighted by molar-refractivity contribution is 0.0171. The molecule has 2 fully saturated rings. The van der Waals surface area contributed by atoms with E-state index in [1.165, 1.54) is 0 Å². The highest BCUT2D eigenvalue weighted by Crippen LogP contribution is 2.33. The molecular formula is C22H36ClIN4O3. The summed E-state index contributed by atoms with van der Waals surface area (Å²) in [6, 6.07) is 6.07. The molecule has 2 aliphatic rings. The molecule has 7 nitrogen and oxygen atoms in total. The van der Waals surface area contributed by atoms with Crippen LogP contribution in [0.2, 0.25) is 5.02 Å². The zero-order valence-electron chi connectivity index (χ0n) is 18.6. The van der Waals surface area contributed by atoms with Crippen molar-refractivity contribution in [3.8, 4) is 5.75 Å². The first-order chi connectivity index (χ1) is 14.7. The summed E-state index contributed by atoms with van der Waals surface area (Å²) in [4.78, 5) is 7.02. The lowest BCUT2D eigenvalue weighted by Gasteiger charge is -2.22. The summed E-state index contributed by atoms with van der Waals surface area (Å²) < 4.78 is 16.8. The Hall–Kier alpha value is -0.970. The van der Waals surface area contributed by atoms with Gasteiger partial charge in [-0.15, -0.1) is 24.0 Å². The Morgan fingerprint density at radius 1 is 1.35 bits per heavy atom. The molecule has 9 heteroatoms. The van der Waals surface area contributed by atoms with Crippen LogP contribution >= 0.6 is 35.6 Å². The number of rotatable bonds is 10. The van der Waals surface area contributed by atoms with Gasteiger partial charge in [0.25, 0.3) is 0 Å². The van der Waals surface area contributed by atoms with Gasteiger partial charge < -0.3 is 29.7 Å². The molecule has 2 N–H and O–H groups in total. The Balaban J connectivity index is 0.00000341. The molecule has 3 rings (SSSR count). The summed E-state index contributed by atoms with van der Waals surface area (Å²) in [5, 5.41) is 7.63. The van der Waals surface area contributed by atoms with Gasteiger partial charge in [0.2, 0.25) is 0 Å². The van der Waals surface area contributed by atoms with E-state index in [0.717, 1.165) is 80.9 Å². The van der Waals surface area contributed by atoms with E-state index in [-0.39, 0.29) is 30.1 Å². The van der Waals surface area contributed by atoms with Crippen LogP contribution in [0.15, 0.2) is 23.2 Å². The first-order valence-corrected chi connectivity index (χ1v) is 11.4. The van der Waals surface area contributed by atoms with Gasteiger partial charge in [0.1, 0.15) is 5.75 Å². The topological polar surface area (TPSA) is 67.4 Å². The van der Waals surface area contributed by atoms with Crippen molar-refractivity contribution in [3.05, 3.63) is 23.2 Å². The van der Waals surface area contributed by atoms with Crippen LogP contribution in [0, 0.1) is 0 Å². The zero-order valence-corrected chi connectivity index (χ0v) is 21.7. The maximum Gasteiger partial charge on any atom is 0.191 e. The number of guanidine groups is 1. The number of halogens is 2. The maximum atomic E-state index is 6.20. The average molecular weight is 567 g/mol. The Bertz CT molecular complexity index is 689. The number of ether oxygens (including phenoxy) is 3. The van der Waals surface area contributed by atoms with Crippen LogP contribution in [0.1, 0.15) is 32.6 Å². The molecule has 2 atom stereocenters. The van der Waals surface area contributed by atoms with Crippen molar-refractivity contribution < 1.29 is 14.2 Å². The van der Waals surface area contributed by atoms with Crippen molar-refractivity contribution in [2.24, 2.45) is 4.99 Å². The number of anilines is 1. The number of hydrogen-bond acceptors (Lipinski definition) is 5. The minimum atomic E-state index is 0. The zero-order chi connectivity index (χ0) is 21.2. The molecule has 0 bridgehead atoms. The van der Waals surface area contributed by atoms with Gasteiger partial charge in [0, 0.05) is 50.5 Å². The molecule has 0 amide bonds. The van der Waals surface area contributed by atoms with Gasteiger partial charge in [-0.2, -0.15) is 0 Å². The second-order valence-corrected chi connectivity index (χ2v) is 8.15.